The Morgan fingerprint density at radius 1 is 1.00 bits per heavy atom. The molecule has 3 rings (SSSR count). The number of phenolic OH excluding ortho intramolecular Hbond substituents is 1. The average Bonchev–Trinajstić information content (AvgIpc) is 2.70. The molecule has 2 aliphatic rings. The Bertz CT molecular complexity index is 703. The lowest BCUT2D eigenvalue weighted by molar-refractivity contribution is -0.159. The van der Waals surface area contributed by atoms with Gasteiger partial charge in [0.1, 0.15) is 5.75 Å². The first-order valence-electron chi connectivity index (χ1n) is 10.0. The van der Waals surface area contributed by atoms with E-state index in [0.717, 1.165) is 57.5 Å². The van der Waals surface area contributed by atoms with Crippen LogP contribution in [0.5, 0.6) is 5.75 Å². The van der Waals surface area contributed by atoms with Crippen LogP contribution in [0.25, 0.3) is 0 Å². The van der Waals surface area contributed by atoms with Crippen molar-refractivity contribution in [1.82, 2.24) is 9.80 Å². The first-order valence-corrected chi connectivity index (χ1v) is 10.0. The highest BCUT2D eigenvalue weighted by molar-refractivity contribution is 6.27. The Labute approximate surface area is 170 Å². The predicted octanol–water partition coefficient (Wildman–Crippen LogP) is 2.02. The van der Waals surface area contributed by atoms with Crippen molar-refractivity contribution in [1.29, 1.82) is 0 Å². The largest absolute Gasteiger partial charge is 0.508 e. The summed E-state index contributed by atoms with van der Waals surface area (Å²) in [5.41, 5.74) is 0.974. The number of hydrogen-bond donors (Lipinski definition) is 3. The van der Waals surface area contributed by atoms with Crippen LogP contribution < -0.4 is 0 Å². The Hall–Kier alpha value is -2.61. The second-order valence-electron chi connectivity index (χ2n) is 7.82. The number of aliphatic carboxylic acids is 2. The summed E-state index contributed by atoms with van der Waals surface area (Å²) >= 11 is 0. The smallest absolute Gasteiger partial charge is 0.414 e. The lowest BCUT2D eigenvalue weighted by Crippen LogP contribution is -2.45. The third kappa shape index (κ3) is 7.05. The number of para-hydroxylation sites is 1. The Morgan fingerprint density at radius 2 is 1.62 bits per heavy atom. The normalized spacial score (nSPS) is 20.4. The fourth-order valence-electron chi connectivity index (χ4n) is 3.87. The summed E-state index contributed by atoms with van der Waals surface area (Å²) in [6.07, 6.45) is 4.29. The van der Waals surface area contributed by atoms with E-state index in [4.69, 9.17) is 19.8 Å². The van der Waals surface area contributed by atoms with Gasteiger partial charge in [0, 0.05) is 31.1 Å². The number of phenols is 1. The first kappa shape index (κ1) is 22.7. The highest BCUT2D eigenvalue weighted by Crippen LogP contribution is 2.25. The van der Waals surface area contributed by atoms with Gasteiger partial charge in [0.2, 0.25) is 5.91 Å². The molecule has 2 saturated heterocycles. The lowest BCUT2D eigenvalue weighted by Gasteiger charge is -2.37. The number of carbonyl (C=O) groups excluding carboxylic acids is 1. The first-order chi connectivity index (χ1) is 13.8. The fourth-order valence-corrected chi connectivity index (χ4v) is 3.87. The quantitative estimate of drug-likeness (QED) is 0.657. The summed E-state index contributed by atoms with van der Waals surface area (Å²) in [4.78, 5) is 35.3. The van der Waals surface area contributed by atoms with Crippen LogP contribution in [0.1, 0.15) is 38.2 Å². The number of piperidine rings is 2. The van der Waals surface area contributed by atoms with E-state index in [1.54, 1.807) is 6.07 Å². The van der Waals surface area contributed by atoms with Crippen LogP contribution >= 0.6 is 0 Å². The molecule has 0 bridgehead atoms. The molecule has 160 valence electrons. The summed E-state index contributed by atoms with van der Waals surface area (Å²) in [6.45, 7) is 6.78. The summed E-state index contributed by atoms with van der Waals surface area (Å²) in [7, 11) is 0. The number of carbonyl (C=O) groups is 3. The number of likely N-dealkylation sites (tertiary alicyclic amines) is 2. The molecule has 1 aromatic rings. The van der Waals surface area contributed by atoms with E-state index in [0.29, 0.717) is 17.6 Å². The molecule has 2 fully saturated rings. The minimum absolute atomic E-state index is 0.195. The molecule has 0 radical (unpaired) electrons. The number of carboxylic acid groups (broad SMARTS) is 2. The second kappa shape index (κ2) is 10.8. The minimum Gasteiger partial charge on any atom is -0.508 e. The number of rotatable bonds is 3. The van der Waals surface area contributed by atoms with Crippen LogP contribution in [-0.4, -0.2) is 69.1 Å². The molecule has 0 aromatic heterocycles. The number of benzene rings is 1. The Balaban J connectivity index is 0.000000438. The lowest BCUT2D eigenvalue weighted by atomic mass is 9.92. The van der Waals surface area contributed by atoms with Gasteiger partial charge in [-0.1, -0.05) is 25.1 Å². The van der Waals surface area contributed by atoms with Crippen molar-refractivity contribution in [3.63, 3.8) is 0 Å². The van der Waals surface area contributed by atoms with E-state index >= 15 is 0 Å². The monoisotopic (exact) mass is 406 g/mol. The molecule has 8 heteroatoms. The second-order valence-corrected chi connectivity index (χ2v) is 7.82. The minimum atomic E-state index is -1.82. The van der Waals surface area contributed by atoms with Gasteiger partial charge in [-0.25, -0.2) is 9.59 Å². The van der Waals surface area contributed by atoms with Crippen molar-refractivity contribution in [2.24, 2.45) is 11.8 Å². The van der Waals surface area contributed by atoms with Gasteiger partial charge in [0.15, 0.2) is 0 Å². The van der Waals surface area contributed by atoms with E-state index in [1.165, 1.54) is 6.42 Å². The third-order valence-electron chi connectivity index (χ3n) is 5.47. The number of carboxylic acids is 2. The highest BCUT2D eigenvalue weighted by Gasteiger charge is 2.30. The van der Waals surface area contributed by atoms with Crippen LogP contribution in [0.4, 0.5) is 0 Å². The maximum absolute atomic E-state index is 12.7. The molecule has 2 aliphatic heterocycles. The molecule has 1 aromatic carbocycles. The number of amides is 1. The van der Waals surface area contributed by atoms with E-state index in [-0.39, 0.29) is 5.92 Å². The van der Waals surface area contributed by atoms with Crippen LogP contribution in [0.2, 0.25) is 0 Å². The summed E-state index contributed by atoms with van der Waals surface area (Å²) in [5.74, 6) is -2.06. The summed E-state index contributed by atoms with van der Waals surface area (Å²) < 4.78 is 0. The van der Waals surface area contributed by atoms with Gasteiger partial charge in [-0.15, -0.1) is 0 Å². The van der Waals surface area contributed by atoms with Crippen molar-refractivity contribution < 1.29 is 29.7 Å². The van der Waals surface area contributed by atoms with Crippen LogP contribution in [-0.2, 0) is 20.9 Å². The summed E-state index contributed by atoms with van der Waals surface area (Å²) in [6, 6.07) is 7.52. The van der Waals surface area contributed by atoms with Gasteiger partial charge in [-0.3, -0.25) is 9.69 Å². The molecular formula is C21H30N2O6. The number of hydrogen-bond acceptors (Lipinski definition) is 5. The zero-order valence-electron chi connectivity index (χ0n) is 16.8. The van der Waals surface area contributed by atoms with Gasteiger partial charge in [-0.2, -0.15) is 0 Å². The molecular weight excluding hydrogens is 376 g/mol. The molecule has 3 N–H and O–H groups in total. The van der Waals surface area contributed by atoms with Crippen molar-refractivity contribution in [3.05, 3.63) is 29.8 Å². The fraction of sp³-hybridized carbons (Fsp3) is 0.571. The van der Waals surface area contributed by atoms with Crippen molar-refractivity contribution in [2.75, 3.05) is 26.2 Å². The van der Waals surface area contributed by atoms with Gasteiger partial charge in [-0.05, 0) is 50.8 Å². The summed E-state index contributed by atoms with van der Waals surface area (Å²) in [5, 5.41) is 24.7. The van der Waals surface area contributed by atoms with Crippen LogP contribution in [0, 0.1) is 11.8 Å². The molecule has 0 aliphatic carbocycles. The SMILES string of the molecule is CC1CCCN(C(=O)C2CCN(Cc3ccccc3O)CC2)C1.O=C(O)C(=O)O. The van der Waals surface area contributed by atoms with Crippen molar-refractivity contribution in [3.8, 4) is 5.75 Å². The van der Waals surface area contributed by atoms with Gasteiger partial charge >= 0.3 is 11.9 Å². The predicted molar refractivity (Wildman–Crippen MR) is 106 cm³/mol. The Morgan fingerprint density at radius 3 is 2.17 bits per heavy atom. The maximum atomic E-state index is 12.7. The van der Waals surface area contributed by atoms with Crippen molar-refractivity contribution >= 4 is 17.8 Å². The van der Waals surface area contributed by atoms with E-state index in [2.05, 4.69) is 16.7 Å². The topological polar surface area (TPSA) is 118 Å². The number of aromatic hydroxyl groups is 1. The molecule has 0 spiro atoms. The van der Waals surface area contributed by atoms with Crippen LogP contribution in [0.15, 0.2) is 24.3 Å². The third-order valence-corrected chi connectivity index (χ3v) is 5.47. The van der Waals surface area contributed by atoms with E-state index in [1.807, 2.05) is 18.2 Å². The van der Waals surface area contributed by atoms with Gasteiger partial charge < -0.3 is 20.2 Å². The standard InChI is InChI=1S/C19H28N2O2.C2H2O4/c1-15-5-4-10-21(13-15)19(23)16-8-11-20(12-9-16)14-17-6-2-3-7-18(17)22;3-1(4)2(5)6/h2-3,6-7,15-16,22H,4-5,8-14H2,1H3;(H,3,4)(H,5,6). The molecule has 8 nitrogen and oxygen atoms in total. The zero-order chi connectivity index (χ0) is 21.4. The van der Waals surface area contributed by atoms with Gasteiger partial charge in [0.05, 0.1) is 0 Å². The molecule has 1 amide bonds. The zero-order valence-corrected chi connectivity index (χ0v) is 16.8. The van der Waals surface area contributed by atoms with Crippen LogP contribution in [0.3, 0.4) is 0 Å². The van der Waals surface area contributed by atoms with E-state index in [9.17, 15) is 9.90 Å². The maximum Gasteiger partial charge on any atom is 0.414 e. The highest BCUT2D eigenvalue weighted by atomic mass is 16.4. The van der Waals surface area contributed by atoms with Gasteiger partial charge in [0.25, 0.3) is 0 Å². The Kier molecular flexibility index (Phi) is 8.45. The van der Waals surface area contributed by atoms with E-state index < -0.39 is 11.9 Å². The average molecular weight is 406 g/mol. The molecule has 2 heterocycles. The molecule has 29 heavy (non-hydrogen) atoms. The molecule has 0 saturated carbocycles. The van der Waals surface area contributed by atoms with Crippen molar-refractivity contribution in [2.45, 2.75) is 39.2 Å². The number of nitrogens with zero attached hydrogens (tertiary/aromatic N) is 2. The molecule has 1 unspecified atom stereocenters. The molecule has 1 atom stereocenters.